The first kappa shape index (κ1) is 18.6. The number of fused-ring (bicyclic) bond motifs is 1. The van der Waals surface area contributed by atoms with Crippen molar-refractivity contribution in [1.82, 2.24) is 9.80 Å². The van der Waals surface area contributed by atoms with Crippen molar-refractivity contribution in [3.05, 3.63) is 58.7 Å². The van der Waals surface area contributed by atoms with Gasteiger partial charge in [0.05, 0.1) is 24.5 Å². The van der Waals surface area contributed by atoms with Gasteiger partial charge in [-0.25, -0.2) is 0 Å². The zero-order valence-electron chi connectivity index (χ0n) is 17.4. The van der Waals surface area contributed by atoms with Gasteiger partial charge in [0.25, 0.3) is 0 Å². The summed E-state index contributed by atoms with van der Waals surface area (Å²) < 4.78 is 6.27. The number of carbonyl (C=O) groups excluding carboxylic acids is 2. The maximum Gasteiger partial charge on any atom is 0.230 e. The Hall–Kier alpha value is -2.40. The van der Waals surface area contributed by atoms with E-state index in [4.69, 9.17) is 4.74 Å². The number of nitrogens with zero attached hydrogens (tertiary/aromatic N) is 2. The fourth-order valence-electron chi connectivity index (χ4n) is 5.30. The van der Waals surface area contributed by atoms with Gasteiger partial charge in [0.2, 0.25) is 11.8 Å². The topological polar surface area (TPSA) is 49.9 Å². The molecule has 1 spiro atoms. The Bertz CT molecular complexity index is 949. The summed E-state index contributed by atoms with van der Waals surface area (Å²) in [6, 6.07) is 6.33. The van der Waals surface area contributed by atoms with Crippen LogP contribution in [0.3, 0.4) is 0 Å². The SMILES string of the molecule is CC1=CCN(C(=O)[C@@H]2[C@@H]3C=C[C@@]4(CN(Cc5ccc(C)c(C)c5)C(=O)[C@@H]24)O3)CC1. The van der Waals surface area contributed by atoms with Gasteiger partial charge in [0.15, 0.2) is 0 Å². The highest BCUT2D eigenvalue weighted by molar-refractivity contribution is 5.93. The molecule has 0 unspecified atom stereocenters. The van der Waals surface area contributed by atoms with Crippen molar-refractivity contribution < 1.29 is 14.3 Å². The molecule has 152 valence electrons. The van der Waals surface area contributed by atoms with Crippen LogP contribution in [0.15, 0.2) is 42.0 Å². The lowest BCUT2D eigenvalue weighted by Gasteiger charge is -2.31. The first-order chi connectivity index (χ1) is 13.9. The second-order valence-corrected chi connectivity index (χ2v) is 9.10. The number of carbonyl (C=O) groups is 2. The number of aryl methyl sites for hydroxylation is 2. The first-order valence-corrected chi connectivity index (χ1v) is 10.5. The van der Waals surface area contributed by atoms with E-state index in [2.05, 4.69) is 45.0 Å². The fourth-order valence-corrected chi connectivity index (χ4v) is 5.30. The lowest BCUT2D eigenvalue weighted by molar-refractivity contribution is -0.143. The molecule has 0 radical (unpaired) electrons. The predicted molar refractivity (Wildman–Crippen MR) is 110 cm³/mol. The van der Waals surface area contributed by atoms with Gasteiger partial charge in [-0.15, -0.1) is 0 Å². The Morgan fingerprint density at radius 3 is 2.79 bits per heavy atom. The van der Waals surface area contributed by atoms with Gasteiger partial charge in [-0.3, -0.25) is 9.59 Å². The molecule has 2 saturated heterocycles. The molecule has 2 bridgehead atoms. The second-order valence-electron chi connectivity index (χ2n) is 9.10. The molecule has 1 aromatic rings. The molecule has 4 heterocycles. The van der Waals surface area contributed by atoms with Crippen LogP contribution in [0, 0.1) is 25.7 Å². The van der Waals surface area contributed by atoms with E-state index in [-0.39, 0.29) is 17.9 Å². The van der Waals surface area contributed by atoms with Crippen LogP contribution < -0.4 is 0 Å². The molecular weight excluding hydrogens is 364 g/mol. The summed E-state index contributed by atoms with van der Waals surface area (Å²) >= 11 is 0. The summed E-state index contributed by atoms with van der Waals surface area (Å²) in [6.07, 6.45) is 6.78. The molecule has 5 rings (SSSR count). The molecule has 4 aliphatic rings. The number of ether oxygens (including phenoxy) is 1. The Balaban J connectivity index is 1.38. The molecule has 2 fully saturated rings. The fraction of sp³-hybridized carbons (Fsp3) is 0.500. The van der Waals surface area contributed by atoms with Crippen LogP contribution in [0.4, 0.5) is 0 Å². The van der Waals surface area contributed by atoms with Crippen LogP contribution in [-0.2, 0) is 20.9 Å². The number of amides is 2. The van der Waals surface area contributed by atoms with E-state index in [1.807, 2.05) is 22.0 Å². The number of rotatable bonds is 3. The summed E-state index contributed by atoms with van der Waals surface area (Å²) in [7, 11) is 0. The van der Waals surface area contributed by atoms with Crippen molar-refractivity contribution in [2.75, 3.05) is 19.6 Å². The summed E-state index contributed by atoms with van der Waals surface area (Å²) in [6.45, 7) is 8.74. The Labute approximate surface area is 172 Å². The van der Waals surface area contributed by atoms with Crippen LogP contribution >= 0.6 is 0 Å². The molecular formula is C24H28N2O3. The van der Waals surface area contributed by atoms with Crippen molar-refractivity contribution in [2.24, 2.45) is 11.8 Å². The van der Waals surface area contributed by atoms with Gasteiger partial charge >= 0.3 is 0 Å². The molecule has 4 atom stereocenters. The van der Waals surface area contributed by atoms with Crippen LogP contribution in [0.25, 0.3) is 0 Å². The van der Waals surface area contributed by atoms with E-state index in [0.29, 0.717) is 19.6 Å². The molecule has 2 amide bonds. The third-order valence-corrected chi connectivity index (χ3v) is 7.16. The summed E-state index contributed by atoms with van der Waals surface area (Å²) in [5.74, 6) is -0.680. The third-order valence-electron chi connectivity index (χ3n) is 7.16. The minimum absolute atomic E-state index is 0.0529. The molecule has 5 nitrogen and oxygen atoms in total. The van der Waals surface area contributed by atoms with Crippen LogP contribution in [0.1, 0.15) is 30.0 Å². The van der Waals surface area contributed by atoms with Crippen molar-refractivity contribution in [1.29, 1.82) is 0 Å². The van der Waals surface area contributed by atoms with E-state index >= 15 is 0 Å². The highest BCUT2D eigenvalue weighted by Crippen LogP contribution is 2.52. The molecule has 4 aliphatic heterocycles. The van der Waals surface area contributed by atoms with E-state index in [1.54, 1.807) is 0 Å². The van der Waals surface area contributed by atoms with Crippen LogP contribution in [0.5, 0.6) is 0 Å². The maximum atomic E-state index is 13.4. The summed E-state index contributed by atoms with van der Waals surface area (Å²) in [5.41, 5.74) is 4.29. The van der Waals surface area contributed by atoms with Crippen molar-refractivity contribution in [3.63, 3.8) is 0 Å². The quantitative estimate of drug-likeness (QED) is 0.744. The van der Waals surface area contributed by atoms with Gasteiger partial charge in [-0.1, -0.05) is 42.0 Å². The Morgan fingerprint density at radius 1 is 1.24 bits per heavy atom. The first-order valence-electron chi connectivity index (χ1n) is 10.5. The Morgan fingerprint density at radius 2 is 2.07 bits per heavy atom. The zero-order valence-corrected chi connectivity index (χ0v) is 17.4. The number of benzene rings is 1. The third kappa shape index (κ3) is 2.86. The highest BCUT2D eigenvalue weighted by atomic mass is 16.5. The molecule has 0 aromatic heterocycles. The average molecular weight is 392 g/mol. The standard InChI is InChI=1S/C24H28N2O3/c1-15-7-10-25(11-8-15)22(27)20-19-6-9-24(29-19)14-26(23(28)21(20)24)13-18-5-4-16(2)17(3)12-18/h4-7,9,12,19-21H,8,10-11,13-14H2,1-3H3/t19-,20+,21+,24-/m0/s1. The molecule has 0 saturated carbocycles. The van der Waals surface area contributed by atoms with E-state index < -0.39 is 17.4 Å². The largest absolute Gasteiger partial charge is 0.360 e. The second kappa shape index (κ2) is 6.56. The van der Waals surface area contributed by atoms with Crippen molar-refractivity contribution in [3.8, 4) is 0 Å². The monoisotopic (exact) mass is 392 g/mol. The van der Waals surface area contributed by atoms with E-state index in [9.17, 15) is 9.59 Å². The lowest BCUT2D eigenvalue weighted by atomic mass is 9.76. The van der Waals surface area contributed by atoms with Crippen LogP contribution in [0.2, 0.25) is 0 Å². The van der Waals surface area contributed by atoms with Gasteiger partial charge in [0.1, 0.15) is 5.60 Å². The minimum atomic E-state index is -0.636. The number of hydrogen-bond acceptors (Lipinski definition) is 3. The maximum absolute atomic E-state index is 13.4. The van der Waals surface area contributed by atoms with Gasteiger partial charge < -0.3 is 14.5 Å². The summed E-state index contributed by atoms with van der Waals surface area (Å²) in [4.78, 5) is 30.5. The molecule has 0 aliphatic carbocycles. The zero-order chi connectivity index (χ0) is 20.3. The molecule has 29 heavy (non-hydrogen) atoms. The van der Waals surface area contributed by atoms with E-state index in [0.717, 1.165) is 18.5 Å². The van der Waals surface area contributed by atoms with Gasteiger partial charge in [0, 0.05) is 19.6 Å². The van der Waals surface area contributed by atoms with Crippen LogP contribution in [-0.4, -0.2) is 53.0 Å². The Kier molecular flexibility index (Phi) is 4.21. The minimum Gasteiger partial charge on any atom is -0.360 e. The van der Waals surface area contributed by atoms with E-state index in [1.165, 1.54) is 16.7 Å². The molecule has 1 aromatic carbocycles. The number of hydrogen-bond donors (Lipinski definition) is 0. The predicted octanol–water partition coefficient (Wildman–Crippen LogP) is 2.76. The average Bonchev–Trinajstić information content (AvgIpc) is 3.33. The van der Waals surface area contributed by atoms with Crippen molar-refractivity contribution in [2.45, 2.75) is 45.4 Å². The summed E-state index contributed by atoms with van der Waals surface area (Å²) in [5, 5.41) is 0. The number of likely N-dealkylation sites (tertiary alicyclic amines) is 1. The van der Waals surface area contributed by atoms with Gasteiger partial charge in [-0.05, 0) is 43.9 Å². The highest BCUT2D eigenvalue weighted by Gasteiger charge is 2.67. The molecule has 5 heteroatoms. The normalized spacial score (nSPS) is 32.7. The smallest absolute Gasteiger partial charge is 0.230 e. The lowest BCUT2D eigenvalue weighted by Crippen LogP contribution is -2.47. The van der Waals surface area contributed by atoms with Gasteiger partial charge in [-0.2, -0.15) is 0 Å². The van der Waals surface area contributed by atoms with Crippen molar-refractivity contribution >= 4 is 11.8 Å². The molecule has 0 N–H and O–H groups in total.